The van der Waals surface area contributed by atoms with Crippen molar-refractivity contribution in [2.45, 2.75) is 25.3 Å². The number of aromatic nitrogens is 1. The van der Waals surface area contributed by atoms with Gasteiger partial charge in [-0.2, -0.15) is 0 Å². The van der Waals surface area contributed by atoms with Gasteiger partial charge in [0, 0.05) is 19.3 Å². The third-order valence-electron chi connectivity index (χ3n) is 3.32. The average Bonchev–Trinajstić information content (AvgIpc) is 2.47. The van der Waals surface area contributed by atoms with Crippen LogP contribution in [0.4, 0.5) is 0 Å². The lowest BCUT2D eigenvalue weighted by molar-refractivity contribution is 0.0862. The zero-order valence-electron chi connectivity index (χ0n) is 9.44. The Kier molecular flexibility index (Phi) is 2.91. The number of aryl methyl sites for hydroxylation is 1. The second kappa shape index (κ2) is 4.19. The fourth-order valence-electron chi connectivity index (χ4n) is 2.01. The maximum Gasteiger partial charge on any atom is 0.193 e. The van der Waals surface area contributed by atoms with Crippen molar-refractivity contribution in [2.24, 2.45) is 7.05 Å². The quantitative estimate of drug-likeness (QED) is 0.700. The fourth-order valence-corrected chi connectivity index (χ4v) is 2.01. The van der Waals surface area contributed by atoms with E-state index in [4.69, 9.17) is 0 Å². The highest BCUT2D eigenvalue weighted by molar-refractivity contribution is 5.96. The number of nitrogens with zero attached hydrogens (tertiary/aromatic N) is 2. The lowest BCUT2D eigenvalue weighted by Gasteiger charge is -2.34. The molecule has 82 valence electrons. The van der Waals surface area contributed by atoms with E-state index in [2.05, 4.69) is 4.90 Å². The number of rotatable bonds is 4. The largest absolute Gasteiger partial charge is 0.348 e. The summed E-state index contributed by atoms with van der Waals surface area (Å²) in [6, 6.07) is 4.43. The third-order valence-corrected chi connectivity index (χ3v) is 3.32. The van der Waals surface area contributed by atoms with Crippen LogP contribution in [0.3, 0.4) is 0 Å². The Morgan fingerprint density at radius 3 is 2.80 bits per heavy atom. The Morgan fingerprint density at radius 2 is 2.33 bits per heavy atom. The molecule has 0 bridgehead atoms. The molecule has 2 rings (SSSR count). The smallest absolute Gasteiger partial charge is 0.193 e. The molecule has 3 nitrogen and oxygen atoms in total. The SMILES string of the molecule is CN(CC(=O)c1cccn1C)C1CCC1. The Balaban J connectivity index is 1.94. The first kappa shape index (κ1) is 10.4. The molecule has 0 N–H and O–H groups in total. The maximum atomic E-state index is 11.9. The monoisotopic (exact) mass is 206 g/mol. The van der Waals surface area contributed by atoms with Crippen LogP contribution in [0.2, 0.25) is 0 Å². The maximum absolute atomic E-state index is 11.9. The van der Waals surface area contributed by atoms with Crippen molar-refractivity contribution in [3.63, 3.8) is 0 Å². The third kappa shape index (κ3) is 2.12. The van der Waals surface area contributed by atoms with Crippen LogP contribution in [0.15, 0.2) is 18.3 Å². The molecule has 0 aromatic carbocycles. The summed E-state index contributed by atoms with van der Waals surface area (Å²) in [5, 5.41) is 0. The zero-order valence-corrected chi connectivity index (χ0v) is 9.44. The first-order valence-electron chi connectivity index (χ1n) is 5.53. The number of hydrogen-bond acceptors (Lipinski definition) is 2. The summed E-state index contributed by atoms with van der Waals surface area (Å²) in [6.45, 7) is 0.544. The zero-order chi connectivity index (χ0) is 10.8. The van der Waals surface area contributed by atoms with E-state index >= 15 is 0 Å². The predicted octanol–water partition coefficient (Wildman–Crippen LogP) is 1.69. The number of likely N-dealkylation sites (N-methyl/N-ethyl adjacent to an activating group) is 1. The van der Waals surface area contributed by atoms with Crippen LogP contribution >= 0.6 is 0 Å². The van der Waals surface area contributed by atoms with Gasteiger partial charge < -0.3 is 4.57 Å². The van der Waals surface area contributed by atoms with E-state index in [-0.39, 0.29) is 5.78 Å². The van der Waals surface area contributed by atoms with Gasteiger partial charge in [0.25, 0.3) is 0 Å². The highest BCUT2D eigenvalue weighted by Crippen LogP contribution is 2.23. The number of ketones is 1. The van der Waals surface area contributed by atoms with Crippen LogP contribution in [0.5, 0.6) is 0 Å². The molecule has 0 unspecified atom stereocenters. The highest BCUT2D eigenvalue weighted by Gasteiger charge is 2.24. The van der Waals surface area contributed by atoms with Gasteiger partial charge in [0.1, 0.15) is 0 Å². The van der Waals surface area contributed by atoms with Crippen LogP contribution < -0.4 is 0 Å². The number of carbonyl (C=O) groups is 1. The summed E-state index contributed by atoms with van der Waals surface area (Å²) in [7, 11) is 3.96. The summed E-state index contributed by atoms with van der Waals surface area (Å²) in [4.78, 5) is 14.1. The number of hydrogen-bond donors (Lipinski definition) is 0. The topological polar surface area (TPSA) is 25.2 Å². The summed E-state index contributed by atoms with van der Waals surface area (Å²) < 4.78 is 1.89. The van der Waals surface area contributed by atoms with Crippen molar-refractivity contribution < 1.29 is 4.79 Å². The van der Waals surface area contributed by atoms with Crippen molar-refractivity contribution in [3.8, 4) is 0 Å². The molecule has 1 fully saturated rings. The first-order valence-corrected chi connectivity index (χ1v) is 5.53. The molecule has 15 heavy (non-hydrogen) atoms. The molecule has 3 heteroatoms. The molecule has 1 aliphatic rings. The minimum Gasteiger partial charge on any atom is -0.348 e. The summed E-state index contributed by atoms with van der Waals surface area (Å²) in [5.41, 5.74) is 0.807. The normalized spacial score (nSPS) is 16.7. The van der Waals surface area contributed by atoms with E-state index in [1.54, 1.807) is 0 Å². The second-order valence-electron chi connectivity index (χ2n) is 4.43. The van der Waals surface area contributed by atoms with Crippen molar-refractivity contribution >= 4 is 5.78 Å². The van der Waals surface area contributed by atoms with Gasteiger partial charge in [-0.3, -0.25) is 9.69 Å². The van der Waals surface area contributed by atoms with E-state index in [0.29, 0.717) is 12.6 Å². The lowest BCUT2D eigenvalue weighted by atomic mass is 9.92. The molecule has 1 aliphatic carbocycles. The van der Waals surface area contributed by atoms with Gasteiger partial charge in [0.2, 0.25) is 0 Å². The average molecular weight is 206 g/mol. The summed E-state index contributed by atoms with van der Waals surface area (Å²) in [6.07, 6.45) is 5.72. The second-order valence-corrected chi connectivity index (χ2v) is 4.43. The van der Waals surface area contributed by atoms with Gasteiger partial charge >= 0.3 is 0 Å². The first-order chi connectivity index (χ1) is 7.18. The van der Waals surface area contributed by atoms with Gasteiger partial charge in [0.15, 0.2) is 5.78 Å². The van der Waals surface area contributed by atoms with Gasteiger partial charge in [-0.15, -0.1) is 0 Å². The van der Waals surface area contributed by atoms with E-state index in [1.165, 1.54) is 19.3 Å². The van der Waals surface area contributed by atoms with Gasteiger partial charge in [-0.1, -0.05) is 6.42 Å². The molecule has 0 amide bonds. The van der Waals surface area contributed by atoms with Crippen molar-refractivity contribution in [1.82, 2.24) is 9.47 Å². The fraction of sp³-hybridized carbons (Fsp3) is 0.583. The van der Waals surface area contributed by atoms with Crippen molar-refractivity contribution in [2.75, 3.05) is 13.6 Å². The van der Waals surface area contributed by atoms with Crippen LogP contribution in [-0.2, 0) is 7.05 Å². The minimum atomic E-state index is 0.219. The molecule has 1 heterocycles. The van der Waals surface area contributed by atoms with E-state index in [1.807, 2.05) is 37.0 Å². The number of carbonyl (C=O) groups excluding carboxylic acids is 1. The van der Waals surface area contributed by atoms with Crippen LogP contribution in [-0.4, -0.2) is 34.9 Å². The minimum absolute atomic E-state index is 0.219. The van der Waals surface area contributed by atoms with E-state index < -0.39 is 0 Å². The lowest BCUT2D eigenvalue weighted by Crippen LogP contribution is -2.40. The Labute approximate surface area is 90.7 Å². The van der Waals surface area contributed by atoms with Gasteiger partial charge in [-0.05, 0) is 32.0 Å². The van der Waals surface area contributed by atoms with E-state index in [0.717, 1.165) is 5.69 Å². The Morgan fingerprint density at radius 1 is 1.60 bits per heavy atom. The molecule has 1 saturated carbocycles. The molecule has 1 aromatic heterocycles. The summed E-state index contributed by atoms with van der Waals surface area (Å²) >= 11 is 0. The molecule has 0 spiro atoms. The van der Waals surface area contributed by atoms with Crippen LogP contribution in [0.25, 0.3) is 0 Å². The Hall–Kier alpha value is -1.09. The van der Waals surface area contributed by atoms with Crippen LogP contribution in [0.1, 0.15) is 29.8 Å². The predicted molar refractivity (Wildman–Crippen MR) is 60.0 cm³/mol. The highest BCUT2D eigenvalue weighted by atomic mass is 16.1. The Bertz CT molecular complexity index is 352. The number of Topliss-reactive ketones (excluding diaryl/α,β-unsaturated/α-hetero) is 1. The molecule has 1 aromatic rings. The molecule has 0 aliphatic heterocycles. The summed E-state index contributed by atoms with van der Waals surface area (Å²) in [5.74, 6) is 0.219. The molecule has 0 saturated heterocycles. The van der Waals surface area contributed by atoms with E-state index in [9.17, 15) is 4.79 Å². The van der Waals surface area contributed by atoms with Gasteiger partial charge in [0.05, 0.1) is 12.2 Å². The van der Waals surface area contributed by atoms with Crippen LogP contribution in [0, 0.1) is 0 Å². The molecule has 0 atom stereocenters. The molecular weight excluding hydrogens is 188 g/mol. The van der Waals surface area contributed by atoms with Crippen molar-refractivity contribution in [3.05, 3.63) is 24.0 Å². The standard InChI is InChI=1S/C12H18N2O/c1-13-8-4-7-11(13)12(15)9-14(2)10-5-3-6-10/h4,7-8,10H,3,5-6,9H2,1-2H3. The molecule has 0 radical (unpaired) electrons. The van der Waals surface area contributed by atoms with Gasteiger partial charge in [-0.25, -0.2) is 0 Å². The van der Waals surface area contributed by atoms with Crippen molar-refractivity contribution in [1.29, 1.82) is 0 Å². The molecular formula is C12H18N2O.